The van der Waals surface area contributed by atoms with Gasteiger partial charge in [-0.3, -0.25) is 9.79 Å². The number of nitrogens with zero attached hydrogens (tertiary/aromatic N) is 5. The van der Waals surface area contributed by atoms with Gasteiger partial charge in [-0.05, 0) is 20.8 Å². The van der Waals surface area contributed by atoms with Crippen LogP contribution in [0, 0.1) is 5.41 Å². The number of hydrogen-bond donors (Lipinski definition) is 2. The van der Waals surface area contributed by atoms with Gasteiger partial charge < -0.3 is 20.9 Å². The summed E-state index contributed by atoms with van der Waals surface area (Å²) < 4.78 is 4.36. The highest BCUT2D eigenvalue weighted by Crippen LogP contribution is 2.19. The minimum absolute atomic E-state index is 0. The maximum Gasteiger partial charge on any atom is 0.224 e. The van der Waals surface area contributed by atoms with Crippen LogP contribution in [-0.2, 0) is 11.2 Å². The first-order valence-electron chi connectivity index (χ1n) is 8.78. The zero-order chi connectivity index (χ0) is 18.4. The molecule has 8 nitrogen and oxygen atoms in total. The van der Waals surface area contributed by atoms with Gasteiger partial charge in [0.25, 0.3) is 0 Å². The van der Waals surface area contributed by atoms with Crippen LogP contribution < -0.4 is 16.0 Å². The van der Waals surface area contributed by atoms with Crippen LogP contribution in [0.1, 0.15) is 33.5 Å². The van der Waals surface area contributed by atoms with E-state index < -0.39 is 5.41 Å². The predicted molar refractivity (Wildman–Crippen MR) is 117 cm³/mol. The van der Waals surface area contributed by atoms with Gasteiger partial charge in [-0.15, -0.1) is 24.0 Å². The number of carbonyl (C=O) groups excluding carboxylic acids is 1. The Morgan fingerprint density at radius 1 is 1.31 bits per heavy atom. The van der Waals surface area contributed by atoms with Crippen molar-refractivity contribution in [3.05, 3.63) is 5.82 Å². The van der Waals surface area contributed by atoms with Crippen molar-refractivity contribution >= 4 is 52.5 Å². The maximum absolute atomic E-state index is 11.5. The third kappa shape index (κ3) is 5.93. The molecule has 0 saturated carbocycles. The lowest BCUT2D eigenvalue weighted by molar-refractivity contribution is -0.125. The van der Waals surface area contributed by atoms with E-state index >= 15 is 0 Å². The summed E-state index contributed by atoms with van der Waals surface area (Å²) in [6.07, 6.45) is 0.864. The number of aryl methyl sites for hydroxylation is 1. The quantitative estimate of drug-likeness (QED) is 0.351. The van der Waals surface area contributed by atoms with Crippen molar-refractivity contribution in [1.29, 1.82) is 0 Å². The van der Waals surface area contributed by atoms with E-state index in [1.54, 1.807) is 0 Å². The molecule has 0 atom stereocenters. The Balaban J connectivity index is 0.00000338. The number of rotatable bonds is 6. The number of halogens is 1. The van der Waals surface area contributed by atoms with Crippen molar-refractivity contribution in [1.82, 2.24) is 19.6 Å². The highest BCUT2D eigenvalue weighted by atomic mass is 127. The molecule has 1 amide bonds. The zero-order valence-electron chi connectivity index (χ0n) is 16.0. The summed E-state index contributed by atoms with van der Waals surface area (Å²) in [7, 11) is 0. The van der Waals surface area contributed by atoms with Gasteiger partial charge >= 0.3 is 0 Å². The zero-order valence-corrected chi connectivity index (χ0v) is 19.1. The summed E-state index contributed by atoms with van der Waals surface area (Å²) >= 11 is 1.47. The highest BCUT2D eigenvalue weighted by Gasteiger charge is 2.26. The van der Waals surface area contributed by atoms with Gasteiger partial charge in [0, 0.05) is 50.7 Å². The smallest absolute Gasteiger partial charge is 0.224 e. The molecule has 1 aromatic heterocycles. The first-order valence-corrected chi connectivity index (χ1v) is 9.55. The Hall–Kier alpha value is -1.17. The van der Waals surface area contributed by atoms with Crippen molar-refractivity contribution in [2.75, 3.05) is 44.2 Å². The topological polar surface area (TPSA) is 99.7 Å². The number of guanidine groups is 1. The van der Waals surface area contributed by atoms with E-state index in [0.717, 1.165) is 56.1 Å². The minimum atomic E-state index is -0.647. The average Bonchev–Trinajstić information content (AvgIpc) is 3.08. The SMILES string of the molecule is CCNC(=NCC(C)(C)C(N)=O)N1CCN(c2nc(CC)ns2)CC1.I. The number of carbonyl (C=O) groups is 1. The van der Waals surface area contributed by atoms with Crippen molar-refractivity contribution < 1.29 is 4.79 Å². The number of hydrogen-bond acceptors (Lipinski definition) is 6. The molecule has 1 saturated heterocycles. The third-order valence-corrected chi connectivity index (χ3v) is 5.06. The highest BCUT2D eigenvalue weighted by molar-refractivity contribution is 14.0. The summed E-state index contributed by atoms with van der Waals surface area (Å²) in [5, 5.41) is 4.31. The second kappa shape index (κ2) is 10.2. The van der Waals surface area contributed by atoms with Gasteiger partial charge in [-0.2, -0.15) is 4.37 Å². The molecule has 0 aliphatic carbocycles. The summed E-state index contributed by atoms with van der Waals surface area (Å²) in [5.41, 5.74) is 4.80. The molecule has 1 fully saturated rings. The molecule has 3 N–H and O–H groups in total. The predicted octanol–water partition coefficient (Wildman–Crippen LogP) is 1.32. The maximum atomic E-state index is 11.5. The molecule has 2 heterocycles. The van der Waals surface area contributed by atoms with Crippen LogP contribution in [-0.4, -0.2) is 65.4 Å². The van der Waals surface area contributed by atoms with E-state index in [1.165, 1.54) is 11.5 Å². The van der Waals surface area contributed by atoms with Gasteiger partial charge in [0.1, 0.15) is 5.82 Å². The van der Waals surface area contributed by atoms with Crippen molar-refractivity contribution in [3.63, 3.8) is 0 Å². The Kier molecular flexibility index (Phi) is 9.01. The monoisotopic (exact) mass is 495 g/mol. The molecule has 0 aromatic carbocycles. The molecule has 1 aliphatic heterocycles. The molecular formula is C16H30IN7OS. The van der Waals surface area contributed by atoms with Crippen molar-refractivity contribution in [2.24, 2.45) is 16.1 Å². The van der Waals surface area contributed by atoms with Crippen LogP contribution in [0.3, 0.4) is 0 Å². The standard InChI is InChI=1S/C16H29N7OS.HI/c1-5-12-20-15(25-21-12)23-9-7-22(8-10-23)14(18-6-2)19-11-16(3,4)13(17)24;/h5-11H2,1-4H3,(H2,17,24)(H,18,19);1H. The van der Waals surface area contributed by atoms with Crippen LogP contribution in [0.2, 0.25) is 0 Å². The average molecular weight is 495 g/mol. The summed E-state index contributed by atoms with van der Waals surface area (Å²) in [6.45, 7) is 12.4. The Labute approximate surface area is 176 Å². The summed E-state index contributed by atoms with van der Waals surface area (Å²) in [5.74, 6) is 1.41. The van der Waals surface area contributed by atoms with Crippen LogP contribution in [0.4, 0.5) is 5.13 Å². The molecule has 0 spiro atoms. The lowest BCUT2D eigenvalue weighted by Crippen LogP contribution is -2.53. The molecule has 0 unspecified atom stereocenters. The fourth-order valence-corrected chi connectivity index (χ4v) is 3.20. The number of anilines is 1. The minimum Gasteiger partial charge on any atom is -0.369 e. The largest absolute Gasteiger partial charge is 0.369 e. The van der Waals surface area contributed by atoms with Crippen molar-refractivity contribution in [3.8, 4) is 0 Å². The molecule has 1 aliphatic rings. The number of aliphatic imine (C=N–C) groups is 1. The third-order valence-electron chi connectivity index (χ3n) is 4.25. The molecule has 0 radical (unpaired) electrons. The first-order chi connectivity index (χ1) is 11.9. The molecule has 10 heteroatoms. The normalized spacial score (nSPS) is 15.6. The molecule has 1 aromatic rings. The number of primary amides is 1. The van der Waals surface area contributed by atoms with Gasteiger partial charge in [0.05, 0.1) is 12.0 Å². The van der Waals surface area contributed by atoms with E-state index in [2.05, 4.69) is 36.4 Å². The summed E-state index contributed by atoms with van der Waals surface area (Å²) in [6, 6.07) is 0. The molecular weight excluding hydrogens is 465 g/mol. The van der Waals surface area contributed by atoms with Crippen LogP contribution in [0.15, 0.2) is 4.99 Å². The van der Waals surface area contributed by atoms with Gasteiger partial charge in [-0.1, -0.05) is 6.92 Å². The van der Waals surface area contributed by atoms with Gasteiger partial charge in [0.15, 0.2) is 5.96 Å². The van der Waals surface area contributed by atoms with E-state index in [0.29, 0.717) is 6.54 Å². The number of nitrogens with two attached hydrogens (primary N) is 1. The lowest BCUT2D eigenvalue weighted by atomic mass is 9.93. The Morgan fingerprint density at radius 2 is 1.96 bits per heavy atom. The fourth-order valence-electron chi connectivity index (χ4n) is 2.40. The molecule has 0 bridgehead atoms. The van der Waals surface area contributed by atoms with E-state index in [9.17, 15) is 4.79 Å². The molecule has 2 rings (SSSR count). The van der Waals surface area contributed by atoms with E-state index in [4.69, 9.17) is 5.73 Å². The number of aromatic nitrogens is 2. The first kappa shape index (κ1) is 22.9. The van der Waals surface area contributed by atoms with Gasteiger partial charge in [-0.25, -0.2) is 4.98 Å². The second-order valence-corrected chi connectivity index (χ2v) is 7.47. The van der Waals surface area contributed by atoms with E-state index in [1.807, 2.05) is 20.8 Å². The number of amides is 1. The van der Waals surface area contributed by atoms with Crippen LogP contribution in [0.25, 0.3) is 0 Å². The van der Waals surface area contributed by atoms with Crippen molar-refractivity contribution in [2.45, 2.75) is 34.1 Å². The number of nitrogens with one attached hydrogen (secondary N) is 1. The number of piperazine rings is 1. The van der Waals surface area contributed by atoms with Crippen LogP contribution >= 0.6 is 35.5 Å². The second-order valence-electron chi connectivity index (χ2n) is 6.74. The van der Waals surface area contributed by atoms with E-state index in [-0.39, 0.29) is 29.9 Å². The molecule has 26 heavy (non-hydrogen) atoms. The Morgan fingerprint density at radius 3 is 2.46 bits per heavy atom. The fraction of sp³-hybridized carbons (Fsp3) is 0.750. The lowest BCUT2D eigenvalue weighted by Gasteiger charge is -2.36. The van der Waals surface area contributed by atoms with Gasteiger partial charge in [0.2, 0.25) is 11.0 Å². The Bertz CT molecular complexity index is 611. The molecule has 148 valence electrons. The van der Waals surface area contributed by atoms with Crippen LogP contribution in [0.5, 0.6) is 0 Å². The summed E-state index contributed by atoms with van der Waals surface area (Å²) in [4.78, 5) is 25.2.